The van der Waals surface area contributed by atoms with Gasteiger partial charge < -0.3 is 10.5 Å². The van der Waals surface area contributed by atoms with Crippen molar-refractivity contribution in [3.05, 3.63) is 52.3 Å². The van der Waals surface area contributed by atoms with Gasteiger partial charge in [0, 0.05) is 12.4 Å². The second kappa shape index (κ2) is 7.40. The van der Waals surface area contributed by atoms with Crippen molar-refractivity contribution < 1.29 is 4.74 Å². The number of hydrazone groups is 1. The Hall–Kier alpha value is -1.89. The fourth-order valence-corrected chi connectivity index (χ4v) is 2.07. The number of ether oxygens (including phenoxy) is 1. The summed E-state index contributed by atoms with van der Waals surface area (Å²) in [5, 5.41) is 4.84. The summed E-state index contributed by atoms with van der Waals surface area (Å²) in [5.74, 6) is 0.959. The van der Waals surface area contributed by atoms with Crippen LogP contribution >= 0.6 is 35.4 Å². The summed E-state index contributed by atoms with van der Waals surface area (Å²) >= 11 is 16.7. The molecule has 0 aliphatic heterocycles. The maximum Gasteiger partial charge on any atom is 0.184 e. The minimum absolute atomic E-state index is 0.112. The molecule has 0 unspecified atom stereocenters. The van der Waals surface area contributed by atoms with E-state index in [4.69, 9.17) is 45.9 Å². The van der Waals surface area contributed by atoms with Crippen LogP contribution in [0.1, 0.15) is 12.5 Å². The molecule has 0 saturated carbocycles. The lowest BCUT2D eigenvalue weighted by molar-refractivity contribution is 0.482. The zero-order valence-corrected chi connectivity index (χ0v) is 13.8. The van der Waals surface area contributed by atoms with Crippen LogP contribution in [0.4, 0.5) is 0 Å². The first-order valence-electron chi connectivity index (χ1n) is 6.14. The van der Waals surface area contributed by atoms with Gasteiger partial charge in [0.1, 0.15) is 15.8 Å². The lowest BCUT2D eigenvalue weighted by atomic mass is 10.1. The van der Waals surface area contributed by atoms with Crippen LogP contribution in [0.2, 0.25) is 10.0 Å². The molecule has 0 radical (unpaired) electrons. The van der Waals surface area contributed by atoms with Crippen LogP contribution in [-0.2, 0) is 0 Å². The number of nitrogens with two attached hydrogens (primary N) is 1. The zero-order valence-electron chi connectivity index (χ0n) is 11.5. The van der Waals surface area contributed by atoms with Crippen molar-refractivity contribution in [3.63, 3.8) is 0 Å². The average Bonchev–Trinajstić information content (AvgIpc) is 2.49. The van der Waals surface area contributed by atoms with Crippen LogP contribution in [0.25, 0.3) is 0 Å². The molecule has 5 nitrogen and oxygen atoms in total. The van der Waals surface area contributed by atoms with Gasteiger partial charge >= 0.3 is 0 Å². The molecule has 0 atom stereocenters. The standard InChI is InChI=1S/C14H12Cl2N4OS/c1-8(19-20-14(17)22)9-2-4-10(5-3-9)21-13-11(15)6-18-7-12(13)16/h2-7H,1H3,(H3,17,20,22)/b19-8+. The molecule has 3 N–H and O–H groups in total. The lowest BCUT2D eigenvalue weighted by Gasteiger charge is -2.09. The smallest absolute Gasteiger partial charge is 0.184 e. The third-order valence-corrected chi connectivity index (χ3v) is 3.27. The normalized spacial score (nSPS) is 11.1. The largest absolute Gasteiger partial charge is 0.454 e. The van der Waals surface area contributed by atoms with E-state index >= 15 is 0 Å². The lowest BCUT2D eigenvalue weighted by Crippen LogP contribution is -2.25. The Kier molecular flexibility index (Phi) is 5.54. The Labute approximate surface area is 143 Å². The molecule has 1 heterocycles. The first kappa shape index (κ1) is 16.5. The molecule has 1 aromatic heterocycles. The number of hydrogen-bond donors (Lipinski definition) is 2. The van der Waals surface area contributed by atoms with Crippen molar-refractivity contribution in [2.45, 2.75) is 6.92 Å². The summed E-state index contributed by atoms with van der Waals surface area (Å²) in [6, 6.07) is 7.25. The highest BCUT2D eigenvalue weighted by Crippen LogP contribution is 2.35. The third-order valence-electron chi connectivity index (χ3n) is 2.64. The summed E-state index contributed by atoms with van der Waals surface area (Å²) in [6.07, 6.45) is 2.94. The number of nitrogens with one attached hydrogen (secondary N) is 1. The van der Waals surface area contributed by atoms with Gasteiger partial charge in [-0.25, -0.2) is 0 Å². The van der Waals surface area contributed by atoms with Crippen molar-refractivity contribution in [2.75, 3.05) is 0 Å². The average molecular weight is 355 g/mol. The molecule has 0 aliphatic carbocycles. The summed E-state index contributed by atoms with van der Waals surface area (Å²) < 4.78 is 5.67. The van der Waals surface area contributed by atoms with Gasteiger partial charge in [-0.2, -0.15) is 5.10 Å². The number of hydrogen-bond acceptors (Lipinski definition) is 4. The summed E-state index contributed by atoms with van der Waals surface area (Å²) in [5.41, 5.74) is 9.48. The van der Waals surface area contributed by atoms with Crippen LogP contribution in [0.3, 0.4) is 0 Å². The van der Waals surface area contributed by atoms with Crippen LogP contribution < -0.4 is 15.9 Å². The van der Waals surface area contributed by atoms with Crippen LogP contribution in [0.5, 0.6) is 11.5 Å². The van der Waals surface area contributed by atoms with Crippen molar-refractivity contribution in [2.24, 2.45) is 10.8 Å². The van der Waals surface area contributed by atoms with Crippen LogP contribution in [0.15, 0.2) is 41.8 Å². The number of rotatable bonds is 4. The molecule has 1 aromatic carbocycles. The predicted molar refractivity (Wildman–Crippen MR) is 92.9 cm³/mol. The molecule has 0 saturated heterocycles. The van der Waals surface area contributed by atoms with E-state index < -0.39 is 0 Å². The maximum absolute atomic E-state index is 6.01. The Morgan fingerprint density at radius 3 is 2.36 bits per heavy atom. The Morgan fingerprint density at radius 1 is 1.23 bits per heavy atom. The summed E-state index contributed by atoms with van der Waals surface area (Å²) in [4.78, 5) is 3.87. The Balaban J connectivity index is 2.16. The van der Waals surface area contributed by atoms with Gasteiger partial charge in [-0.1, -0.05) is 23.2 Å². The van der Waals surface area contributed by atoms with E-state index in [0.29, 0.717) is 21.5 Å². The molecular formula is C14H12Cl2N4OS. The number of aromatic nitrogens is 1. The molecule has 0 fully saturated rings. The SMILES string of the molecule is C/C(=N\NC(N)=S)c1ccc(Oc2c(Cl)cncc2Cl)cc1. The van der Waals surface area contributed by atoms with E-state index in [1.165, 1.54) is 12.4 Å². The summed E-state index contributed by atoms with van der Waals surface area (Å²) in [6.45, 7) is 1.83. The number of nitrogens with zero attached hydrogens (tertiary/aromatic N) is 2. The topological polar surface area (TPSA) is 72.5 Å². The van der Waals surface area contributed by atoms with Gasteiger partial charge in [-0.05, 0) is 49.0 Å². The fourth-order valence-electron chi connectivity index (χ4n) is 1.58. The number of halogens is 2. The quantitative estimate of drug-likeness (QED) is 0.497. The molecule has 8 heteroatoms. The highest BCUT2D eigenvalue weighted by atomic mass is 35.5. The molecule has 22 heavy (non-hydrogen) atoms. The minimum Gasteiger partial charge on any atom is -0.454 e. The zero-order chi connectivity index (χ0) is 16.1. The first-order valence-corrected chi connectivity index (χ1v) is 7.31. The van der Waals surface area contributed by atoms with Crippen molar-refractivity contribution in [3.8, 4) is 11.5 Å². The monoisotopic (exact) mass is 354 g/mol. The van der Waals surface area contributed by atoms with Gasteiger partial charge in [0.25, 0.3) is 0 Å². The van der Waals surface area contributed by atoms with Gasteiger partial charge in [-0.15, -0.1) is 0 Å². The molecular weight excluding hydrogens is 343 g/mol. The predicted octanol–water partition coefficient (Wildman–Crippen LogP) is 3.74. The number of thiocarbonyl (C=S) groups is 1. The summed E-state index contributed by atoms with van der Waals surface area (Å²) in [7, 11) is 0. The molecule has 0 amide bonds. The highest BCUT2D eigenvalue weighted by Gasteiger charge is 2.09. The third kappa shape index (κ3) is 4.30. The Morgan fingerprint density at radius 2 is 1.82 bits per heavy atom. The van der Waals surface area contributed by atoms with E-state index in [1.54, 1.807) is 12.1 Å². The highest BCUT2D eigenvalue weighted by molar-refractivity contribution is 7.80. The molecule has 0 spiro atoms. The molecule has 2 rings (SSSR count). The fraction of sp³-hybridized carbons (Fsp3) is 0.0714. The maximum atomic E-state index is 6.01. The van der Waals surface area contributed by atoms with Crippen LogP contribution in [-0.4, -0.2) is 15.8 Å². The van der Waals surface area contributed by atoms with Crippen molar-refractivity contribution >= 4 is 46.2 Å². The van der Waals surface area contributed by atoms with Crippen molar-refractivity contribution in [1.29, 1.82) is 0 Å². The van der Waals surface area contributed by atoms with Gasteiger partial charge in [-0.3, -0.25) is 10.4 Å². The second-order valence-electron chi connectivity index (χ2n) is 4.23. The molecule has 2 aromatic rings. The van der Waals surface area contributed by atoms with E-state index in [-0.39, 0.29) is 5.11 Å². The number of pyridine rings is 1. The van der Waals surface area contributed by atoms with E-state index in [0.717, 1.165) is 11.3 Å². The molecule has 0 bridgehead atoms. The van der Waals surface area contributed by atoms with Gasteiger partial charge in [0.05, 0.1) is 5.71 Å². The second-order valence-corrected chi connectivity index (χ2v) is 5.49. The van der Waals surface area contributed by atoms with E-state index in [9.17, 15) is 0 Å². The Bertz CT molecular complexity index is 699. The van der Waals surface area contributed by atoms with Gasteiger partial charge in [0.2, 0.25) is 0 Å². The molecule has 0 aliphatic rings. The van der Waals surface area contributed by atoms with Crippen molar-refractivity contribution in [1.82, 2.24) is 10.4 Å². The van der Waals surface area contributed by atoms with E-state index in [2.05, 4.69) is 15.5 Å². The van der Waals surface area contributed by atoms with Gasteiger partial charge in [0.15, 0.2) is 10.9 Å². The number of benzene rings is 1. The molecule has 114 valence electrons. The van der Waals surface area contributed by atoms with E-state index in [1.807, 2.05) is 19.1 Å². The first-order chi connectivity index (χ1) is 10.5. The minimum atomic E-state index is 0.112. The van der Waals surface area contributed by atoms with Crippen LogP contribution in [0, 0.1) is 0 Å².